The van der Waals surface area contributed by atoms with Crippen LogP contribution in [0.25, 0.3) is 0 Å². The van der Waals surface area contributed by atoms with Crippen LogP contribution in [-0.2, 0) is 11.3 Å². The molecule has 0 aromatic carbocycles. The highest BCUT2D eigenvalue weighted by Gasteiger charge is 2.19. The number of carbonyl (C=O) groups is 2. The summed E-state index contributed by atoms with van der Waals surface area (Å²) in [7, 11) is 0. The molecule has 1 aliphatic heterocycles. The molecule has 3 heterocycles. The van der Waals surface area contributed by atoms with E-state index in [-0.39, 0.29) is 11.8 Å². The van der Waals surface area contributed by atoms with Crippen molar-refractivity contribution in [3.8, 4) is 0 Å². The average Bonchev–Trinajstić information content (AvgIpc) is 3.15. The number of carbonyl (C=O) groups excluding carboxylic acids is 2. The molecule has 0 spiro atoms. The third kappa shape index (κ3) is 3.73. The van der Waals surface area contributed by atoms with Crippen molar-refractivity contribution in [2.24, 2.45) is 0 Å². The summed E-state index contributed by atoms with van der Waals surface area (Å²) in [4.78, 5) is 31.7. The van der Waals surface area contributed by atoms with Crippen LogP contribution < -0.4 is 10.2 Å². The molecule has 0 atom stereocenters. The number of hydrogen-bond donors (Lipinski definition) is 1. The van der Waals surface area contributed by atoms with E-state index in [2.05, 4.69) is 15.2 Å². The molecule has 7 heteroatoms. The highest BCUT2D eigenvalue weighted by molar-refractivity contribution is 5.91. The topological polar surface area (TPSA) is 78.7 Å². The Morgan fingerprint density at radius 2 is 2.04 bits per heavy atom. The van der Waals surface area contributed by atoms with Crippen LogP contribution in [0.4, 0.5) is 5.82 Å². The van der Waals surface area contributed by atoms with Gasteiger partial charge in [0.1, 0.15) is 5.82 Å². The lowest BCUT2D eigenvalue weighted by Crippen LogP contribution is -2.48. The van der Waals surface area contributed by atoms with Gasteiger partial charge in [0.25, 0.3) is 5.91 Å². The average molecular weight is 328 g/mol. The number of piperazine rings is 1. The van der Waals surface area contributed by atoms with Crippen molar-refractivity contribution in [3.63, 3.8) is 0 Å². The van der Waals surface area contributed by atoms with Crippen LogP contribution >= 0.6 is 0 Å². The van der Waals surface area contributed by atoms with Gasteiger partial charge in [-0.2, -0.15) is 0 Å². The number of anilines is 1. The monoisotopic (exact) mass is 328 g/mol. The van der Waals surface area contributed by atoms with Crippen molar-refractivity contribution >= 4 is 17.6 Å². The normalized spacial score (nSPS) is 14.5. The SMILES string of the molecule is CC(=O)N1CCN(c2cc(CNC(=O)c3ccco3)ccn2)CC1. The van der Waals surface area contributed by atoms with E-state index >= 15 is 0 Å². The molecule has 1 saturated heterocycles. The smallest absolute Gasteiger partial charge is 0.287 e. The van der Waals surface area contributed by atoms with Crippen molar-refractivity contribution in [2.75, 3.05) is 31.1 Å². The Bertz CT molecular complexity index is 706. The summed E-state index contributed by atoms with van der Waals surface area (Å²) >= 11 is 0. The molecule has 126 valence electrons. The largest absolute Gasteiger partial charge is 0.459 e. The van der Waals surface area contributed by atoms with Gasteiger partial charge in [0.05, 0.1) is 6.26 Å². The van der Waals surface area contributed by atoms with Crippen LogP contribution in [0.5, 0.6) is 0 Å². The molecule has 24 heavy (non-hydrogen) atoms. The number of nitrogens with one attached hydrogen (secondary N) is 1. The molecule has 0 saturated carbocycles. The molecule has 0 unspecified atom stereocenters. The number of amides is 2. The van der Waals surface area contributed by atoms with E-state index in [1.807, 2.05) is 17.0 Å². The molecule has 1 fully saturated rings. The molecule has 1 aliphatic rings. The lowest BCUT2D eigenvalue weighted by atomic mass is 10.2. The Morgan fingerprint density at radius 1 is 1.25 bits per heavy atom. The van der Waals surface area contributed by atoms with E-state index in [0.29, 0.717) is 25.4 Å². The summed E-state index contributed by atoms with van der Waals surface area (Å²) in [6, 6.07) is 7.14. The van der Waals surface area contributed by atoms with Gasteiger partial charge in [0, 0.05) is 45.8 Å². The Labute approximate surface area is 140 Å². The van der Waals surface area contributed by atoms with Crippen LogP contribution in [0.3, 0.4) is 0 Å². The summed E-state index contributed by atoms with van der Waals surface area (Å²) in [6.45, 7) is 4.93. The van der Waals surface area contributed by atoms with Gasteiger partial charge in [-0.25, -0.2) is 4.98 Å². The van der Waals surface area contributed by atoms with Crippen molar-refractivity contribution in [1.82, 2.24) is 15.2 Å². The number of pyridine rings is 1. The van der Waals surface area contributed by atoms with Crippen molar-refractivity contribution in [2.45, 2.75) is 13.5 Å². The predicted octanol–water partition coefficient (Wildman–Crippen LogP) is 1.27. The fourth-order valence-corrected chi connectivity index (χ4v) is 2.67. The maximum Gasteiger partial charge on any atom is 0.287 e. The Morgan fingerprint density at radius 3 is 2.71 bits per heavy atom. The summed E-state index contributed by atoms with van der Waals surface area (Å²) in [5, 5.41) is 2.82. The number of hydrogen-bond acceptors (Lipinski definition) is 5. The minimum Gasteiger partial charge on any atom is -0.459 e. The molecule has 2 aromatic heterocycles. The Kier molecular flexibility index (Phi) is 4.79. The van der Waals surface area contributed by atoms with Gasteiger partial charge >= 0.3 is 0 Å². The third-order valence-electron chi connectivity index (χ3n) is 4.06. The molecule has 0 radical (unpaired) electrons. The zero-order chi connectivity index (χ0) is 16.9. The molecule has 0 aliphatic carbocycles. The summed E-state index contributed by atoms with van der Waals surface area (Å²) in [5.74, 6) is 1.03. The van der Waals surface area contributed by atoms with Crippen LogP contribution in [0.1, 0.15) is 23.0 Å². The van der Waals surface area contributed by atoms with E-state index in [1.165, 1.54) is 6.26 Å². The first-order valence-electron chi connectivity index (χ1n) is 7.90. The highest BCUT2D eigenvalue weighted by atomic mass is 16.3. The van der Waals surface area contributed by atoms with Gasteiger partial charge in [-0.05, 0) is 29.8 Å². The number of rotatable bonds is 4. The van der Waals surface area contributed by atoms with Crippen LogP contribution in [0.15, 0.2) is 41.1 Å². The van der Waals surface area contributed by atoms with E-state index in [1.54, 1.807) is 25.3 Å². The van der Waals surface area contributed by atoms with Gasteiger partial charge < -0.3 is 19.5 Å². The number of furan rings is 1. The minimum absolute atomic E-state index is 0.108. The fourth-order valence-electron chi connectivity index (χ4n) is 2.67. The van der Waals surface area contributed by atoms with Gasteiger partial charge in [-0.15, -0.1) is 0 Å². The summed E-state index contributed by atoms with van der Waals surface area (Å²) in [6.07, 6.45) is 3.21. The van der Waals surface area contributed by atoms with Crippen LogP contribution in [0.2, 0.25) is 0 Å². The van der Waals surface area contributed by atoms with Gasteiger partial charge in [-0.1, -0.05) is 0 Å². The predicted molar refractivity (Wildman–Crippen MR) is 88.6 cm³/mol. The number of nitrogens with zero attached hydrogens (tertiary/aromatic N) is 3. The van der Waals surface area contributed by atoms with Gasteiger partial charge in [-0.3, -0.25) is 9.59 Å². The second-order valence-corrected chi connectivity index (χ2v) is 5.68. The molecule has 0 bridgehead atoms. The molecular formula is C17H20N4O3. The highest BCUT2D eigenvalue weighted by Crippen LogP contribution is 2.15. The minimum atomic E-state index is -0.242. The maximum absolute atomic E-state index is 11.9. The molecule has 2 amide bonds. The summed E-state index contributed by atoms with van der Waals surface area (Å²) in [5.41, 5.74) is 0.967. The fraction of sp³-hybridized carbons (Fsp3) is 0.353. The third-order valence-corrected chi connectivity index (χ3v) is 4.06. The molecule has 7 nitrogen and oxygen atoms in total. The lowest BCUT2D eigenvalue weighted by molar-refractivity contribution is -0.129. The van der Waals surface area contributed by atoms with Gasteiger partial charge in [0.15, 0.2) is 5.76 Å². The Balaban J connectivity index is 1.58. The maximum atomic E-state index is 11.9. The van der Waals surface area contributed by atoms with Crippen molar-refractivity contribution < 1.29 is 14.0 Å². The first kappa shape index (κ1) is 16.0. The molecule has 3 rings (SSSR count). The first-order valence-corrected chi connectivity index (χ1v) is 7.90. The molecule has 2 aromatic rings. The first-order chi connectivity index (χ1) is 11.6. The standard InChI is InChI=1S/C17H20N4O3/c1-13(22)20-6-8-21(9-7-20)16-11-14(4-5-18-16)12-19-17(23)15-3-2-10-24-15/h2-5,10-11H,6-9,12H2,1H3,(H,19,23). The van der Waals surface area contributed by atoms with E-state index < -0.39 is 0 Å². The van der Waals surface area contributed by atoms with Crippen molar-refractivity contribution in [3.05, 3.63) is 48.0 Å². The second kappa shape index (κ2) is 7.16. The van der Waals surface area contributed by atoms with Crippen LogP contribution in [-0.4, -0.2) is 47.9 Å². The number of aromatic nitrogens is 1. The second-order valence-electron chi connectivity index (χ2n) is 5.68. The molecular weight excluding hydrogens is 308 g/mol. The van der Waals surface area contributed by atoms with Gasteiger partial charge in [0.2, 0.25) is 5.91 Å². The molecule has 1 N–H and O–H groups in total. The zero-order valence-electron chi connectivity index (χ0n) is 13.6. The van der Waals surface area contributed by atoms with E-state index in [0.717, 1.165) is 24.5 Å². The van der Waals surface area contributed by atoms with Crippen molar-refractivity contribution in [1.29, 1.82) is 0 Å². The van der Waals surface area contributed by atoms with Crippen LogP contribution in [0, 0.1) is 0 Å². The summed E-state index contributed by atoms with van der Waals surface area (Å²) < 4.78 is 5.07. The van der Waals surface area contributed by atoms with E-state index in [4.69, 9.17) is 4.42 Å². The van der Waals surface area contributed by atoms with E-state index in [9.17, 15) is 9.59 Å². The lowest BCUT2D eigenvalue weighted by Gasteiger charge is -2.35. The Hall–Kier alpha value is -2.83. The quantitative estimate of drug-likeness (QED) is 0.914. The zero-order valence-corrected chi connectivity index (χ0v) is 13.6.